The lowest BCUT2D eigenvalue weighted by molar-refractivity contribution is 0.603. The number of halogens is 2. The number of aryl methyl sites for hydroxylation is 1. The first-order valence-corrected chi connectivity index (χ1v) is 7.05. The van der Waals surface area contributed by atoms with Crippen molar-refractivity contribution in [3.05, 3.63) is 69.2 Å². The SMILES string of the molecule is CCc1ccc(C(C)(N)c2cccc(Cl)c2Cl)cc1. The van der Waals surface area contributed by atoms with Gasteiger partial charge in [0.05, 0.1) is 15.6 Å². The van der Waals surface area contributed by atoms with Crippen LogP contribution in [-0.2, 0) is 12.0 Å². The normalized spacial score (nSPS) is 14.2. The Morgan fingerprint density at radius 1 is 1.05 bits per heavy atom. The van der Waals surface area contributed by atoms with Crippen molar-refractivity contribution in [2.75, 3.05) is 0 Å². The van der Waals surface area contributed by atoms with Crippen LogP contribution >= 0.6 is 23.2 Å². The Labute approximate surface area is 124 Å². The number of nitrogens with two attached hydrogens (primary N) is 1. The molecule has 2 N–H and O–H groups in total. The molecule has 0 saturated carbocycles. The second kappa shape index (κ2) is 5.54. The number of hydrogen-bond donors (Lipinski definition) is 1. The van der Waals surface area contributed by atoms with E-state index in [1.165, 1.54) is 5.56 Å². The molecular weight excluding hydrogens is 277 g/mol. The van der Waals surface area contributed by atoms with Gasteiger partial charge in [0.2, 0.25) is 0 Å². The first-order valence-electron chi connectivity index (χ1n) is 6.29. The van der Waals surface area contributed by atoms with Gasteiger partial charge < -0.3 is 5.73 Å². The third-order valence-electron chi connectivity index (χ3n) is 3.47. The summed E-state index contributed by atoms with van der Waals surface area (Å²) in [4.78, 5) is 0. The molecule has 0 radical (unpaired) electrons. The van der Waals surface area contributed by atoms with Gasteiger partial charge in [-0.3, -0.25) is 0 Å². The molecule has 3 heteroatoms. The van der Waals surface area contributed by atoms with Crippen LogP contribution in [0.25, 0.3) is 0 Å². The van der Waals surface area contributed by atoms with Crippen molar-refractivity contribution in [3.63, 3.8) is 0 Å². The summed E-state index contributed by atoms with van der Waals surface area (Å²) in [6.07, 6.45) is 1.01. The van der Waals surface area contributed by atoms with Crippen LogP contribution in [0.2, 0.25) is 10.0 Å². The Morgan fingerprint density at radius 2 is 1.68 bits per heavy atom. The molecular formula is C16H17Cl2N. The molecule has 0 amide bonds. The van der Waals surface area contributed by atoms with E-state index in [-0.39, 0.29) is 0 Å². The second-order valence-electron chi connectivity index (χ2n) is 4.85. The van der Waals surface area contributed by atoms with Gasteiger partial charge in [0.15, 0.2) is 0 Å². The molecule has 2 aromatic rings. The highest BCUT2D eigenvalue weighted by Gasteiger charge is 2.26. The Balaban J connectivity index is 2.48. The zero-order chi connectivity index (χ0) is 14.0. The molecule has 1 unspecified atom stereocenters. The van der Waals surface area contributed by atoms with Gasteiger partial charge in [-0.1, -0.05) is 66.5 Å². The average molecular weight is 294 g/mol. The summed E-state index contributed by atoms with van der Waals surface area (Å²) in [5.41, 5.74) is 8.97. The maximum Gasteiger partial charge on any atom is 0.0652 e. The van der Waals surface area contributed by atoms with Gasteiger partial charge in [-0.2, -0.15) is 0 Å². The Hall–Kier alpha value is -1.02. The molecule has 0 fully saturated rings. The van der Waals surface area contributed by atoms with E-state index < -0.39 is 5.54 Å². The van der Waals surface area contributed by atoms with Gasteiger partial charge in [-0.15, -0.1) is 0 Å². The molecule has 2 aromatic carbocycles. The lowest BCUT2D eigenvalue weighted by Gasteiger charge is -2.27. The molecule has 100 valence electrons. The Bertz CT molecular complexity index is 574. The lowest BCUT2D eigenvalue weighted by Crippen LogP contribution is -2.34. The van der Waals surface area contributed by atoms with Crippen LogP contribution in [0.4, 0.5) is 0 Å². The van der Waals surface area contributed by atoms with Crippen molar-refractivity contribution < 1.29 is 0 Å². The number of rotatable bonds is 3. The molecule has 19 heavy (non-hydrogen) atoms. The van der Waals surface area contributed by atoms with Gasteiger partial charge in [-0.25, -0.2) is 0 Å². The maximum atomic E-state index is 6.48. The predicted octanol–water partition coefficient (Wildman–Crippen LogP) is 4.78. The molecule has 0 saturated heterocycles. The molecule has 2 rings (SSSR count). The highest BCUT2D eigenvalue weighted by atomic mass is 35.5. The van der Waals surface area contributed by atoms with Crippen LogP contribution in [0.1, 0.15) is 30.5 Å². The van der Waals surface area contributed by atoms with Crippen molar-refractivity contribution in [1.82, 2.24) is 0 Å². The summed E-state index contributed by atoms with van der Waals surface area (Å²) in [7, 11) is 0. The van der Waals surface area contributed by atoms with E-state index in [9.17, 15) is 0 Å². The van der Waals surface area contributed by atoms with E-state index in [0.29, 0.717) is 10.0 Å². The van der Waals surface area contributed by atoms with Crippen LogP contribution in [0.15, 0.2) is 42.5 Å². The minimum absolute atomic E-state index is 0.522. The molecule has 1 nitrogen and oxygen atoms in total. The van der Waals surface area contributed by atoms with Gasteiger partial charge in [0, 0.05) is 0 Å². The van der Waals surface area contributed by atoms with Gasteiger partial charge >= 0.3 is 0 Å². The molecule has 0 aliphatic carbocycles. The van der Waals surface area contributed by atoms with Gasteiger partial charge in [0.25, 0.3) is 0 Å². The summed E-state index contributed by atoms with van der Waals surface area (Å²) in [5.74, 6) is 0. The van der Waals surface area contributed by atoms with Crippen molar-refractivity contribution in [2.24, 2.45) is 5.73 Å². The van der Waals surface area contributed by atoms with Crippen LogP contribution in [-0.4, -0.2) is 0 Å². The standard InChI is InChI=1S/C16H17Cl2N/c1-3-11-7-9-12(10-8-11)16(2,19)13-5-4-6-14(17)15(13)18/h4-10H,3,19H2,1-2H3. The first kappa shape index (κ1) is 14.4. The molecule has 0 aromatic heterocycles. The number of benzene rings is 2. The van der Waals surface area contributed by atoms with Crippen molar-refractivity contribution in [2.45, 2.75) is 25.8 Å². The van der Waals surface area contributed by atoms with E-state index in [0.717, 1.165) is 17.5 Å². The van der Waals surface area contributed by atoms with E-state index >= 15 is 0 Å². The molecule has 0 aliphatic rings. The van der Waals surface area contributed by atoms with Gasteiger partial charge in [-0.05, 0) is 36.1 Å². The van der Waals surface area contributed by atoms with Crippen molar-refractivity contribution >= 4 is 23.2 Å². The zero-order valence-corrected chi connectivity index (χ0v) is 12.6. The monoisotopic (exact) mass is 293 g/mol. The van der Waals surface area contributed by atoms with Crippen LogP contribution in [0.3, 0.4) is 0 Å². The van der Waals surface area contributed by atoms with Crippen molar-refractivity contribution in [3.8, 4) is 0 Å². The topological polar surface area (TPSA) is 26.0 Å². The maximum absolute atomic E-state index is 6.48. The average Bonchev–Trinajstić information content (AvgIpc) is 2.41. The fourth-order valence-corrected chi connectivity index (χ4v) is 2.64. The summed E-state index contributed by atoms with van der Waals surface area (Å²) in [6.45, 7) is 4.08. The van der Waals surface area contributed by atoms with E-state index in [4.69, 9.17) is 28.9 Å². The fourth-order valence-electron chi connectivity index (χ4n) is 2.15. The highest BCUT2D eigenvalue weighted by molar-refractivity contribution is 6.42. The Morgan fingerprint density at radius 3 is 2.26 bits per heavy atom. The molecule has 0 spiro atoms. The molecule has 0 aliphatic heterocycles. The summed E-state index contributed by atoms with van der Waals surface area (Å²) in [6, 6.07) is 13.9. The predicted molar refractivity (Wildman–Crippen MR) is 82.9 cm³/mol. The second-order valence-corrected chi connectivity index (χ2v) is 5.64. The van der Waals surface area contributed by atoms with Crippen LogP contribution < -0.4 is 5.73 Å². The number of hydrogen-bond acceptors (Lipinski definition) is 1. The first-order chi connectivity index (χ1) is 8.96. The van der Waals surface area contributed by atoms with Crippen LogP contribution in [0, 0.1) is 0 Å². The molecule has 0 bridgehead atoms. The third kappa shape index (κ3) is 2.79. The largest absolute Gasteiger partial charge is 0.318 e. The smallest absolute Gasteiger partial charge is 0.0652 e. The summed E-state index contributed by atoms with van der Waals surface area (Å²) in [5, 5.41) is 1.05. The third-order valence-corrected chi connectivity index (χ3v) is 4.29. The quantitative estimate of drug-likeness (QED) is 0.866. The molecule has 0 heterocycles. The van der Waals surface area contributed by atoms with E-state index in [1.54, 1.807) is 6.07 Å². The molecule has 1 atom stereocenters. The Kier molecular flexibility index (Phi) is 4.19. The zero-order valence-electron chi connectivity index (χ0n) is 11.1. The van der Waals surface area contributed by atoms with Crippen molar-refractivity contribution in [1.29, 1.82) is 0 Å². The summed E-state index contributed by atoms with van der Waals surface area (Å²) >= 11 is 12.3. The minimum Gasteiger partial charge on any atom is -0.318 e. The fraction of sp³-hybridized carbons (Fsp3) is 0.250. The van der Waals surface area contributed by atoms with Crippen LogP contribution in [0.5, 0.6) is 0 Å². The summed E-state index contributed by atoms with van der Waals surface area (Å²) < 4.78 is 0. The van der Waals surface area contributed by atoms with E-state index in [1.807, 2.05) is 19.1 Å². The highest BCUT2D eigenvalue weighted by Crippen LogP contribution is 2.35. The van der Waals surface area contributed by atoms with Gasteiger partial charge in [0.1, 0.15) is 0 Å². The minimum atomic E-state index is -0.658. The lowest BCUT2D eigenvalue weighted by atomic mass is 9.85. The van der Waals surface area contributed by atoms with E-state index in [2.05, 4.69) is 31.2 Å².